The third-order valence-electron chi connectivity index (χ3n) is 15.3. The summed E-state index contributed by atoms with van der Waals surface area (Å²) in [5.74, 6) is 0.495. The van der Waals surface area contributed by atoms with Crippen LogP contribution in [0.3, 0.4) is 0 Å². The molecule has 0 radical (unpaired) electrons. The first kappa shape index (κ1) is 60.3. The summed E-state index contributed by atoms with van der Waals surface area (Å²) in [5, 5.41) is 0. The lowest BCUT2D eigenvalue weighted by molar-refractivity contribution is 0.0499. The summed E-state index contributed by atoms with van der Waals surface area (Å²) in [5.41, 5.74) is 5.92. The van der Waals surface area contributed by atoms with Gasteiger partial charge in [-0.25, -0.2) is 9.80 Å². The predicted octanol–water partition coefficient (Wildman–Crippen LogP) is 18.2. The molecule has 0 spiro atoms. The molecular weight excluding hydrogens is 1150 g/mol. The molecule has 0 N–H and O–H groups in total. The molecular formula is C72H70N2O8S4. The summed E-state index contributed by atoms with van der Waals surface area (Å²) in [7, 11) is 0. The number of carbonyl (C=O) groups is 4. The summed E-state index contributed by atoms with van der Waals surface area (Å²) < 4.78 is 28.6. The second kappa shape index (κ2) is 23.7. The van der Waals surface area contributed by atoms with Gasteiger partial charge < -0.3 is 18.9 Å². The largest absolute Gasteiger partial charge is 0.487 e. The molecule has 3 aliphatic rings. The number of nitrogens with zero attached hydrogens (tertiary/aromatic N) is 2. The Morgan fingerprint density at radius 2 is 0.512 bits per heavy atom. The fourth-order valence-electron chi connectivity index (χ4n) is 10.1. The standard InChI is InChI=1S/C72H70N2O8S4/c1-69(2,3)45-31-53-61(79-39-43-23-15-13-16-24-43)54(32-45)84-58-36-48(72(10,11)12)38-60(64(58)82-42-74-67(77)51-29-21-22-30-52(51)68(74)78)86-56-34-46(70(4,5)6)33-55(62(56)80-40-44-25-17-14-18-26-44)85-59-37-47(71(7,8)9)35-57(83-53)63(59)81-41-73-65(75)49-27-19-20-28-50(49)66(73)76/h13-38H,39-42H2,1-12H3. The average Bonchev–Trinajstić information content (AvgIpc) is 1.06. The molecule has 0 aromatic heterocycles. The van der Waals surface area contributed by atoms with Crippen LogP contribution in [-0.2, 0) is 34.9 Å². The van der Waals surface area contributed by atoms with E-state index in [1.807, 2.05) is 60.7 Å². The molecule has 440 valence electrons. The molecule has 10 nitrogen and oxygen atoms in total. The van der Waals surface area contributed by atoms with Gasteiger partial charge in [-0.3, -0.25) is 19.2 Å². The van der Waals surface area contributed by atoms with Gasteiger partial charge in [0, 0.05) is 0 Å². The van der Waals surface area contributed by atoms with Gasteiger partial charge in [0.1, 0.15) is 36.2 Å². The minimum absolute atomic E-state index is 0.242. The summed E-state index contributed by atoms with van der Waals surface area (Å²) in [6, 6.07) is 51.4. The van der Waals surface area contributed by atoms with Crippen molar-refractivity contribution in [2.45, 2.75) is 157 Å². The van der Waals surface area contributed by atoms with Crippen molar-refractivity contribution in [3.05, 3.63) is 213 Å². The van der Waals surface area contributed by atoms with Crippen LogP contribution < -0.4 is 18.9 Å². The first-order valence-electron chi connectivity index (χ1n) is 28.7. The van der Waals surface area contributed by atoms with E-state index < -0.39 is 23.6 Å². The lowest BCUT2D eigenvalue weighted by Crippen LogP contribution is -2.33. The number of amides is 4. The van der Waals surface area contributed by atoms with Gasteiger partial charge >= 0.3 is 0 Å². The van der Waals surface area contributed by atoms with Gasteiger partial charge in [0.25, 0.3) is 23.6 Å². The molecule has 3 aliphatic heterocycles. The number of rotatable bonds is 12. The summed E-state index contributed by atoms with van der Waals surface area (Å²) in [4.78, 5) is 65.2. The van der Waals surface area contributed by atoms with Crippen LogP contribution in [0.2, 0.25) is 0 Å². The Kier molecular flexibility index (Phi) is 16.6. The van der Waals surface area contributed by atoms with Crippen molar-refractivity contribution in [3.63, 3.8) is 0 Å². The highest BCUT2D eigenvalue weighted by atomic mass is 32.2. The highest BCUT2D eigenvalue weighted by Crippen LogP contribution is 2.57. The van der Waals surface area contributed by atoms with Crippen molar-refractivity contribution in [2.24, 2.45) is 0 Å². The first-order chi connectivity index (χ1) is 40.8. The van der Waals surface area contributed by atoms with Gasteiger partial charge in [-0.1, -0.05) is 215 Å². The minimum Gasteiger partial charge on any atom is -0.487 e. The Balaban J connectivity index is 1.20. The third kappa shape index (κ3) is 12.6. The maximum absolute atomic E-state index is 14.2. The number of imide groups is 2. The molecule has 0 aliphatic carbocycles. The van der Waals surface area contributed by atoms with Gasteiger partial charge in [0.2, 0.25) is 0 Å². The third-order valence-corrected chi connectivity index (χ3v) is 19.5. The molecule has 0 saturated heterocycles. The summed E-state index contributed by atoms with van der Waals surface area (Å²) >= 11 is 6.04. The fraction of sp³-hybridized carbons (Fsp3) is 0.278. The van der Waals surface area contributed by atoms with Crippen molar-refractivity contribution in [3.8, 4) is 23.0 Å². The Labute approximate surface area is 522 Å². The lowest BCUT2D eigenvalue weighted by Gasteiger charge is -2.29. The number of hydrogen-bond acceptors (Lipinski definition) is 12. The Bertz CT molecular complexity index is 3560. The van der Waals surface area contributed by atoms with Gasteiger partial charge in [-0.05, 0) is 128 Å². The Morgan fingerprint density at radius 1 is 0.302 bits per heavy atom. The molecule has 8 aromatic carbocycles. The second-order valence-corrected chi connectivity index (χ2v) is 30.2. The number of carbonyl (C=O) groups excluding carboxylic acids is 4. The van der Waals surface area contributed by atoms with E-state index in [9.17, 15) is 19.2 Å². The first-order valence-corrected chi connectivity index (χ1v) is 32.0. The van der Waals surface area contributed by atoms with Gasteiger partial charge in [0.05, 0.1) is 61.4 Å². The molecule has 8 bridgehead atoms. The van der Waals surface area contributed by atoms with Crippen LogP contribution in [-0.4, -0.2) is 46.9 Å². The molecule has 0 saturated carbocycles. The average molecular weight is 1220 g/mol. The monoisotopic (exact) mass is 1220 g/mol. The van der Waals surface area contributed by atoms with E-state index in [2.05, 4.69) is 132 Å². The van der Waals surface area contributed by atoms with Crippen LogP contribution in [0.25, 0.3) is 0 Å². The summed E-state index contributed by atoms with van der Waals surface area (Å²) in [6.45, 7) is 26.1. The van der Waals surface area contributed by atoms with Gasteiger partial charge in [-0.15, -0.1) is 0 Å². The van der Waals surface area contributed by atoms with E-state index in [-0.39, 0.29) is 48.3 Å². The molecule has 86 heavy (non-hydrogen) atoms. The molecule has 8 aromatic rings. The Hall–Kier alpha value is -7.36. The molecule has 0 atom stereocenters. The zero-order valence-electron chi connectivity index (χ0n) is 50.6. The Morgan fingerprint density at radius 3 is 0.733 bits per heavy atom. The van der Waals surface area contributed by atoms with Crippen LogP contribution in [0.4, 0.5) is 0 Å². The number of hydrogen-bond donors (Lipinski definition) is 0. The van der Waals surface area contributed by atoms with Crippen LogP contribution in [0.1, 0.15) is 158 Å². The fourth-order valence-corrected chi connectivity index (χ4v) is 14.9. The van der Waals surface area contributed by atoms with Crippen LogP contribution in [0.15, 0.2) is 197 Å². The number of ether oxygens (including phenoxy) is 4. The second-order valence-electron chi connectivity index (χ2n) is 25.9. The van der Waals surface area contributed by atoms with E-state index in [0.29, 0.717) is 45.3 Å². The van der Waals surface area contributed by atoms with E-state index in [1.54, 1.807) is 48.5 Å². The van der Waals surface area contributed by atoms with Gasteiger partial charge in [0.15, 0.2) is 13.5 Å². The smallest absolute Gasteiger partial charge is 0.264 e. The van der Waals surface area contributed by atoms with E-state index in [4.69, 9.17) is 18.9 Å². The van der Waals surface area contributed by atoms with E-state index >= 15 is 0 Å². The molecule has 0 unspecified atom stereocenters. The topological polar surface area (TPSA) is 112 Å². The highest BCUT2D eigenvalue weighted by molar-refractivity contribution is 8.01. The summed E-state index contributed by atoms with van der Waals surface area (Å²) in [6.07, 6.45) is 0. The van der Waals surface area contributed by atoms with Crippen molar-refractivity contribution in [2.75, 3.05) is 13.5 Å². The minimum atomic E-state index is -0.424. The maximum atomic E-state index is 14.2. The zero-order valence-corrected chi connectivity index (χ0v) is 53.9. The highest BCUT2D eigenvalue weighted by Gasteiger charge is 2.39. The van der Waals surface area contributed by atoms with E-state index in [0.717, 1.165) is 72.5 Å². The quantitative estimate of drug-likeness (QED) is 0.109. The van der Waals surface area contributed by atoms with Crippen molar-refractivity contribution in [1.29, 1.82) is 0 Å². The van der Waals surface area contributed by atoms with Crippen LogP contribution in [0.5, 0.6) is 23.0 Å². The zero-order chi connectivity index (χ0) is 61.0. The maximum Gasteiger partial charge on any atom is 0.264 e. The molecule has 14 heteroatoms. The van der Waals surface area contributed by atoms with Crippen molar-refractivity contribution in [1.82, 2.24) is 9.80 Å². The van der Waals surface area contributed by atoms with Crippen molar-refractivity contribution < 1.29 is 38.1 Å². The molecule has 0 fully saturated rings. The number of benzene rings is 8. The van der Waals surface area contributed by atoms with Gasteiger partial charge in [-0.2, -0.15) is 0 Å². The SMILES string of the molecule is CC(C)(C)c1cc2c(OCc3ccccc3)c(c1)Sc1cc(C(C)(C)C)cc(c1OCN1C(=O)c3ccccc3C1=O)Sc1cc(C(C)(C)C)cc(c1OCc1ccccc1)Sc1cc(C(C)(C)C)cc(c1OCN1C(=O)c3ccccc3C1=O)S2. The van der Waals surface area contributed by atoms with Crippen molar-refractivity contribution >= 4 is 70.7 Å². The lowest BCUT2D eigenvalue weighted by atomic mass is 9.87. The predicted molar refractivity (Wildman–Crippen MR) is 343 cm³/mol. The molecule has 3 heterocycles. The normalized spacial score (nSPS) is 14.3. The molecule has 11 rings (SSSR count). The van der Waals surface area contributed by atoms with Crippen LogP contribution in [0, 0.1) is 0 Å². The van der Waals surface area contributed by atoms with E-state index in [1.165, 1.54) is 56.8 Å². The number of fused-ring (bicyclic) bond motifs is 10. The van der Waals surface area contributed by atoms with Crippen LogP contribution >= 0.6 is 47.0 Å². The molecule has 4 amide bonds.